The van der Waals surface area contributed by atoms with E-state index in [-0.39, 0.29) is 0 Å². The summed E-state index contributed by atoms with van der Waals surface area (Å²) < 4.78 is 0. The van der Waals surface area contributed by atoms with Crippen LogP contribution in [0.1, 0.15) is 51.4 Å². The van der Waals surface area contributed by atoms with Gasteiger partial charge in [-0.25, -0.2) is 0 Å². The Balaban J connectivity index is 1.43. The highest BCUT2D eigenvalue weighted by molar-refractivity contribution is 5.24. The van der Waals surface area contributed by atoms with Crippen LogP contribution >= 0.6 is 0 Å². The van der Waals surface area contributed by atoms with E-state index < -0.39 is 0 Å². The van der Waals surface area contributed by atoms with Crippen molar-refractivity contribution in [2.45, 2.75) is 51.4 Å². The molecular weight excluding hydrogens is 216 g/mol. The number of fused-ring (bicyclic) bond motifs is 1. The van der Waals surface area contributed by atoms with Crippen LogP contribution in [-0.4, -0.2) is 0 Å². The van der Waals surface area contributed by atoms with Crippen LogP contribution in [0.25, 0.3) is 0 Å². The molecule has 0 N–H and O–H groups in total. The molecule has 4 bridgehead atoms. The molecule has 18 heavy (non-hydrogen) atoms. The summed E-state index contributed by atoms with van der Waals surface area (Å²) >= 11 is 0. The van der Waals surface area contributed by atoms with E-state index in [4.69, 9.17) is 0 Å². The molecule has 0 radical (unpaired) electrons. The van der Waals surface area contributed by atoms with Crippen LogP contribution in [0.15, 0.2) is 12.2 Å². The standard InChI is InChI=1S/C18H26/c1-2-4-11(5-3-1)12-6-8-14-13-7-9-15-16(13)10-17(12)18(14)15/h7,9,11-18H,1-6,8,10H2. The van der Waals surface area contributed by atoms with E-state index in [1.807, 2.05) is 0 Å². The molecule has 98 valence electrons. The predicted octanol–water partition coefficient (Wildman–Crippen LogP) is 4.66. The molecule has 0 aromatic heterocycles. The van der Waals surface area contributed by atoms with Gasteiger partial charge in [0.15, 0.2) is 0 Å². The van der Waals surface area contributed by atoms with Crippen LogP contribution in [0.5, 0.6) is 0 Å². The average molecular weight is 242 g/mol. The van der Waals surface area contributed by atoms with E-state index in [2.05, 4.69) is 12.2 Å². The summed E-state index contributed by atoms with van der Waals surface area (Å²) in [6.45, 7) is 0. The van der Waals surface area contributed by atoms with E-state index in [1.54, 1.807) is 32.1 Å². The zero-order valence-corrected chi connectivity index (χ0v) is 11.4. The quantitative estimate of drug-likeness (QED) is 0.587. The molecule has 4 fully saturated rings. The van der Waals surface area contributed by atoms with Crippen molar-refractivity contribution >= 4 is 0 Å². The zero-order valence-electron chi connectivity index (χ0n) is 11.4. The molecule has 0 heteroatoms. The molecule has 5 rings (SSSR count). The molecule has 0 nitrogen and oxygen atoms in total. The lowest BCUT2D eigenvalue weighted by Crippen LogP contribution is -2.40. The fraction of sp³-hybridized carbons (Fsp3) is 0.889. The molecule has 0 aromatic carbocycles. The molecular formula is C18H26. The Hall–Kier alpha value is -0.260. The maximum Gasteiger partial charge on any atom is -0.0165 e. The largest absolute Gasteiger partial charge is 0.0845 e. The third kappa shape index (κ3) is 1.18. The van der Waals surface area contributed by atoms with Gasteiger partial charge >= 0.3 is 0 Å². The Morgan fingerprint density at radius 3 is 2.22 bits per heavy atom. The minimum absolute atomic E-state index is 1.03. The summed E-state index contributed by atoms with van der Waals surface area (Å²) in [4.78, 5) is 0. The van der Waals surface area contributed by atoms with Gasteiger partial charge in [0.25, 0.3) is 0 Å². The van der Waals surface area contributed by atoms with Gasteiger partial charge in [-0.15, -0.1) is 0 Å². The molecule has 7 atom stereocenters. The van der Waals surface area contributed by atoms with Crippen molar-refractivity contribution in [2.75, 3.05) is 0 Å². The summed E-state index contributed by atoms with van der Waals surface area (Å²) in [5, 5.41) is 0. The number of allylic oxidation sites excluding steroid dienone is 2. The van der Waals surface area contributed by atoms with E-state index >= 15 is 0 Å². The highest BCUT2D eigenvalue weighted by atomic mass is 14.7. The lowest BCUT2D eigenvalue weighted by molar-refractivity contribution is 0.0239. The normalized spacial score (nSPS) is 57.4. The second-order valence-electron chi connectivity index (χ2n) is 7.98. The molecule has 5 aliphatic carbocycles. The minimum atomic E-state index is 1.03. The number of hydrogen-bond donors (Lipinski definition) is 0. The Bertz CT molecular complexity index is 375. The van der Waals surface area contributed by atoms with Gasteiger partial charge in [-0.2, -0.15) is 0 Å². The number of hydrogen-bond acceptors (Lipinski definition) is 0. The van der Waals surface area contributed by atoms with Crippen molar-refractivity contribution in [2.24, 2.45) is 47.3 Å². The summed E-state index contributed by atoms with van der Waals surface area (Å²) in [6, 6.07) is 0. The van der Waals surface area contributed by atoms with Crippen LogP contribution in [0, 0.1) is 47.3 Å². The van der Waals surface area contributed by atoms with Crippen LogP contribution in [0.4, 0.5) is 0 Å². The molecule has 0 heterocycles. The highest BCUT2D eigenvalue weighted by Crippen LogP contribution is 2.69. The minimum Gasteiger partial charge on any atom is -0.0845 e. The van der Waals surface area contributed by atoms with Crippen molar-refractivity contribution in [1.29, 1.82) is 0 Å². The van der Waals surface area contributed by atoms with Crippen molar-refractivity contribution in [1.82, 2.24) is 0 Å². The fourth-order valence-electron chi connectivity index (χ4n) is 7.19. The Morgan fingerprint density at radius 1 is 0.611 bits per heavy atom. The zero-order chi connectivity index (χ0) is 11.7. The summed E-state index contributed by atoms with van der Waals surface area (Å²) in [6.07, 6.45) is 17.8. The first kappa shape index (κ1) is 10.5. The van der Waals surface area contributed by atoms with Gasteiger partial charge in [-0.05, 0) is 66.6 Å². The van der Waals surface area contributed by atoms with Crippen molar-refractivity contribution in [3.05, 3.63) is 12.2 Å². The van der Waals surface area contributed by atoms with Crippen molar-refractivity contribution in [3.8, 4) is 0 Å². The molecule has 7 unspecified atom stereocenters. The van der Waals surface area contributed by atoms with Crippen LogP contribution < -0.4 is 0 Å². The van der Waals surface area contributed by atoms with Crippen LogP contribution in [0.2, 0.25) is 0 Å². The van der Waals surface area contributed by atoms with Gasteiger partial charge in [0.1, 0.15) is 0 Å². The molecule has 4 saturated carbocycles. The van der Waals surface area contributed by atoms with Gasteiger partial charge in [-0.3, -0.25) is 0 Å². The summed E-state index contributed by atoms with van der Waals surface area (Å²) in [7, 11) is 0. The maximum absolute atomic E-state index is 2.62. The molecule has 0 amide bonds. The lowest BCUT2D eigenvalue weighted by atomic mass is 9.57. The Kier molecular flexibility index (Phi) is 2.13. The van der Waals surface area contributed by atoms with E-state index in [0.29, 0.717) is 0 Å². The van der Waals surface area contributed by atoms with Crippen molar-refractivity contribution in [3.63, 3.8) is 0 Å². The first-order chi connectivity index (χ1) is 8.93. The predicted molar refractivity (Wildman–Crippen MR) is 74.0 cm³/mol. The maximum atomic E-state index is 2.62. The van der Waals surface area contributed by atoms with Crippen LogP contribution in [-0.2, 0) is 0 Å². The topological polar surface area (TPSA) is 0 Å². The summed E-state index contributed by atoms with van der Waals surface area (Å²) in [5.41, 5.74) is 0. The average Bonchev–Trinajstić information content (AvgIpc) is 3.06. The molecule has 0 saturated heterocycles. The third-order valence-corrected chi connectivity index (χ3v) is 7.65. The van der Waals surface area contributed by atoms with Crippen molar-refractivity contribution < 1.29 is 0 Å². The van der Waals surface area contributed by atoms with Gasteiger partial charge < -0.3 is 0 Å². The molecule has 0 aromatic rings. The van der Waals surface area contributed by atoms with Gasteiger partial charge in [0.05, 0.1) is 0 Å². The van der Waals surface area contributed by atoms with E-state index in [0.717, 1.165) is 47.3 Å². The second kappa shape index (κ2) is 3.64. The van der Waals surface area contributed by atoms with E-state index in [1.165, 1.54) is 19.3 Å². The van der Waals surface area contributed by atoms with Gasteiger partial charge in [-0.1, -0.05) is 44.3 Å². The fourth-order valence-corrected chi connectivity index (χ4v) is 7.19. The first-order valence-corrected chi connectivity index (χ1v) is 8.62. The molecule has 0 spiro atoms. The molecule has 0 aliphatic heterocycles. The lowest BCUT2D eigenvalue weighted by Gasteiger charge is -2.48. The molecule has 5 aliphatic rings. The first-order valence-electron chi connectivity index (χ1n) is 8.62. The van der Waals surface area contributed by atoms with Gasteiger partial charge in [0, 0.05) is 0 Å². The highest BCUT2D eigenvalue weighted by Gasteiger charge is 2.62. The third-order valence-electron chi connectivity index (χ3n) is 7.65. The Labute approximate surface area is 111 Å². The number of rotatable bonds is 1. The smallest absolute Gasteiger partial charge is 0.0165 e. The van der Waals surface area contributed by atoms with Gasteiger partial charge in [0.2, 0.25) is 0 Å². The Morgan fingerprint density at radius 2 is 1.39 bits per heavy atom. The SMILES string of the molecule is C1=CC2C3CC4C(C5CCCCC5)CCC(C13)C24. The summed E-state index contributed by atoms with van der Waals surface area (Å²) in [5.74, 6) is 8.88. The van der Waals surface area contributed by atoms with E-state index in [9.17, 15) is 0 Å². The second-order valence-corrected chi connectivity index (χ2v) is 7.98. The van der Waals surface area contributed by atoms with Crippen LogP contribution in [0.3, 0.4) is 0 Å². The monoisotopic (exact) mass is 242 g/mol.